The van der Waals surface area contributed by atoms with Crippen molar-refractivity contribution in [2.45, 2.75) is 11.0 Å². The predicted molar refractivity (Wildman–Crippen MR) is 79.9 cm³/mol. The van der Waals surface area contributed by atoms with Gasteiger partial charge in [0.05, 0.1) is 0 Å². The van der Waals surface area contributed by atoms with Crippen molar-refractivity contribution >= 4 is 23.5 Å². The largest absolute Gasteiger partial charge is 0.480 e. The van der Waals surface area contributed by atoms with Crippen LogP contribution in [-0.4, -0.2) is 22.1 Å². The summed E-state index contributed by atoms with van der Waals surface area (Å²) in [7, 11) is 0. The first-order valence-corrected chi connectivity index (χ1v) is 7.21. The van der Waals surface area contributed by atoms with E-state index in [1.54, 1.807) is 30.3 Å². The van der Waals surface area contributed by atoms with Crippen molar-refractivity contribution in [2.24, 2.45) is 0 Å². The molecule has 0 saturated heterocycles. The lowest BCUT2D eigenvalue weighted by molar-refractivity contribution is -0.135. The van der Waals surface area contributed by atoms with E-state index in [4.69, 9.17) is 0 Å². The van der Waals surface area contributed by atoms with Gasteiger partial charge in [-0.3, -0.25) is 9.59 Å². The molecule has 102 valence electrons. The van der Waals surface area contributed by atoms with Gasteiger partial charge in [0, 0.05) is 11.3 Å². The minimum atomic E-state index is -1.10. The van der Waals surface area contributed by atoms with Crippen molar-refractivity contribution in [1.29, 1.82) is 0 Å². The fourth-order valence-electron chi connectivity index (χ4n) is 1.77. The van der Waals surface area contributed by atoms with E-state index in [1.807, 2.05) is 30.3 Å². The van der Waals surface area contributed by atoms with Crippen LogP contribution >= 0.6 is 11.8 Å². The Balaban J connectivity index is 2.08. The minimum absolute atomic E-state index is 0.362. The smallest absolute Gasteiger partial charge is 0.324 e. The maximum atomic E-state index is 12.2. The van der Waals surface area contributed by atoms with E-state index in [1.165, 1.54) is 0 Å². The summed E-state index contributed by atoms with van der Waals surface area (Å²) in [6, 6.07) is 18.1. The molecule has 0 spiro atoms. The first-order chi connectivity index (χ1) is 9.68. The Bertz CT molecular complexity index is 581. The monoisotopic (exact) mass is 286 g/mol. The maximum absolute atomic E-state index is 12.2. The van der Waals surface area contributed by atoms with Crippen LogP contribution in [-0.2, 0) is 10.5 Å². The van der Waals surface area contributed by atoms with Gasteiger partial charge in [0.1, 0.15) is 0 Å². The Hall–Kier alpha value is -2.07. The highest BCUT2D eigenvalue weighted by Gasteiger charge is 2.27. The number of aliphatic carboxylic acids is 1. The van der Waals surface area contributed by atoms with Crippen molar-refractivity contribution in [3.8, 4) is 0 Å². The molecule has 0 amide bonds. The molecule has 2 rings (SSSR count). The van der Waals surface area contributed by atoms with Crippen LogP contribution in [0.3, 0.4) is 0 Å². The van der Waals surface area contributed by atoms with Crippen molar-refractivity contribution in [3.05, 3.63) is 71.8 Å². The zero-order valence-electron chi connectivity index (χ0n) is 10.7. The number of rotatable bonds is 6. The van der Waals surface area contributed by atoms with Gasteiger partial charge in [0.15, 0.2) is 11.0 Å². The van der Waals surface area contributed by atoms with Crippen LogP contribution in [0.25, 0.3) is 0 Å². The third-order valence-corrected chi connectivity index (χ3v) is 4.03. The molecule has 0 aliphatic rings. The molecule has 2 aromatic carbocycles. The molecule has 0 aromatic heterocycles. The van der Waals surface area contributed by atoms with Crippen molar-refractivity contribution in [2.75, 3.05) is 0 Å². The number of carboxylic acid groups (broad SMARTS) is 1. The van der Waals surface area contributed by atoms with Crippen LogP contribution in [0.4, 0.5) is 0 Å². The lowest BCUT2D eigenvalue weighted by Gasteiger charge is -2.11. The highest BCUT2D eigenvalue weighted by molar-refractivity contribution is 8.00. The van der Waals surface area contributed by atoms with E-state index in [9.17, 15) is 14.7 Å². The van der Waals surface area contributed by atoms with E-state index in [0.29, 0.717) is 11.3 Å². The van der Waals surface area contributed by atoms with Gasteiger partial charge in [-0.2, -0.15) is 0 Å². The normalized spacial score (nSPS) is 11.8. The quantitative estimate of drug-likeness (QED) is 0.654. The van der Waals surface area contributed by atoms with Gasteiger partial charge in [-0.15, -0.1) is 11.8 Å². The highest BCUT2D eigenvalue weighted by atomic mass is 32.2. The summed E-state index contributed by atoms with van der Waals surface area (Å²) in [6.07, 6.45) is 0. The Labute approximate surface area is 121 Å². The number of Topliss-reactive ketones (excluding diaryl/α,β-unsaturated/α-hetero) is 1. The van der Waals surface area contributed by atoms with Gasteiger partial charge in [0.25, 0.3) is 0 Å². The summed E-state index contributed by atoms with van der Waals surface area (Å²) in [6.45, 7) is 0. The molecule has 3 nitrogen and oxygen atoms in total. The summed E-state index contributed by atoms with van der Waals surface area (Å²) in [4.78, 5) is 23.5. The van der Waals surface area contributed by atoms with E-state index >= 15 is 0 Å². The topological polar surface area (TPSA) is 54.4 Å². The average molecular weight is 286 g/mol. The van der Waals surface area contributed by atoms with Crippen LogP contribution < -0.4 is 0 Å². The second-order valence-corrected chi connectivity index (χ2v) is 5.34. The molecule has 4 heteroatoms. The molecule has 0 fully saturated rings. The zero-order valence-corrected chi connectivity index (χ0v) is 11.5. The Morgan fingerprint density at radius 3 is 2.05 bits per heavy atom. The first kappa shape index (κ1) is 14.3. The molecular weight excluding hydrogens is 272 g/mol. The van der Waals surface area contributed by atoms with Crippen LogP contribution in [0.15, 0.2) is 60.7 Å². The number of hydrogen-bond donors (Lipinski definition) is 1. The lowest BCUT2D eigenvalue weighted by atomic mass is 10.1. The summed E-state index contributed by atoms with van der Waals surface area (Å²) in [5.74, 6) is -0.963. The van der Waals surface area contributed by atoms with E-state index < -0.39 is 11.2 Å². The summed E-state index contributed by atoms with van der Waals surface area (Å²) in [5, 5.41) is 8.17. The summed E-state index contributed by atoms with van der Waals surface area (Å²) >= 11 is 1.14. The summed E-state index contributed by atoms with van der Waals surface area (Å²) in [5.41, 5.74) is 1.44. The van der Waals surface area contributed by atoms with Gasteiger partial charge >= 0.3 is 5.97 Å². The van der Waals surface area contributed by atoms with E-state index in [-0.39, 0.29) is 5.78 Å². The van der Waals surface area contributed by atoms with Gasteiger partial charge in [0.2, 0.25) is 0 Å². The fourth-order valence-corrected chi connectivity index (χ4v) is 2.75. The molecular formula is C16H14O3S. The van der Waals surface area contributed by atoms with Crippen LogP contribution in [0, 0.1) is 0 Å². The SMILES string of the molecule is O=C(O)C(SCc1ccccc1)C(=O)c1ccccc1. The van der Waals surface area contributed by atoms with Crippen LogP contribution in [0.2, 0.25) is 0 Å². The molecule has 1 N–H and O–H groups in total. The fraction of sp³-hybridized carbons (Fsp3) is 0.125. The van der Waals surface area contributed by atoms with Crippen LogP contribution in [0.1, 0.15) is 15.9 Å². The number of carboxylic acids is 1. The van der Waals surface area contributed by atoms with Gasteiger partial charge < -0.3 is 5.11 Å². The second-order valence-electron chi connectivity index (χ2n) is 4.25. The molecule has 0 aliphatic heterocycles. The van der Waals surface area contributed by atoms with Crippen LogP contribution in [0.5, 0.6) is 0 Å². The number of benzene rings is 2. The predicted octanol–water partition coefficient (Wildman–Crippen LogP) is 3.26. The Morgan fingerprint density at radius 1 is 0.950 bits per heavy atom. The second kappa shape index (κ2) is 6.91. The van der Waals surface area contributed by atoms with Gasteiger partial charge in [-0.1, -0.05) is 60.7 Å². The Kier molecular flexibility index (Phi) is 4.96. The molecule has 1 unspecified atom stereocenters. The molecule has 0 aliphatic carbocycles. The molecule has 0 bridgehead atoms. The molecule has 0 heterocycles. The standard InChI is InChI=1S/C16H14O3S/c17-14(13-9-5-2-6-10-13)15(16(18)19)20-11-12-7-3-1-4-8-12/h1-10,15H,11H2,(H,18,19). The number of carbonyl (C=O) groups is 2. The van der Waals surface area contributed by atoms with Gasteiger partial charge in [-0.05, 0) is 5.56 Å². The number of carbonyl (C=O) groups excluding carboxylic acids is 1. The van der Waals surface area contributed by atoms with Crippen molar-refractivity contribution in [1.82, 2.24) is 0 Å². The number of hydrogen-bond acceptors (Lipinski definition) is 3. The van der Waals surface area contributed by atoms with Crippen molar-refractivity contribution < 1.29 is 14.7 Å². The maximum Gasteiger partial charge on any atom is 0.324 e. The minimum Gasteiger partial charge on any atom is -0.480 e. The Morgan fingerprint density at radius 2 is 1.50 bits per heavy atom. The lowest BCUT2D eigenvalue weighted by Crippen LogP contribution is -2.27. The number of ketones is 1. The van der Waals surface area contributed by atoms with Gasteiger partial charge in [-0.25, -0.2) is 0 Å². The molecule has 1 atom stereocenters. The third-order valence-electron chi connectivity index (χ3n) is 2.78. The van der Waals surface area contributed by atoms with E-state index in [0.717, 1.165) is 17.3 Å². The van der Waals surface area contributed by atoms with Crippen molar-refractivity contribution in [3.63, 3.8) is 0 Å². The highest BCUT2D eigenvalue weighted by Crippen LogP contribution is 2.21. The third kappa shape index (κ3) is 3.71. The number of thioether (sulfide) groups is 1. The molecule has 0 saturated carbocycles. The molecule has 0 radical (unpaired) electrons. The summed E-state index contributed by atoms with van der Waals surface area (Å²) < 4.78 is 0. The molecule has 2 aromatic rings. The zero-order chi connectivity index (χ0) is 14.4. The average Bonchev–Trinajstić information content (AvgIpc) is 2.49. The first-order valence-electron chi connectivity index (χ1n) is 6.16. The van der Waals surface area contributed by atoms with E-state index in [2.05, 4.69) is 0 Å². The molecule has 20 heavy (non-hydrogen) atoms.